The number of hydrogen-bond acceptors (Lipinski definition) is 4. The van der Waals surface area contributed by atoms with Gasteiger partial charge in [-0.3, -0.25) is 9.59 Å². The van der Waals surface area contributed by atoms with E-state index >= 15 is 0 Å². The lowest BCUT2D eigenvalue weighted by Gasteiger charge is -2.32. The van der Waals surface area contributed by atoms with Crippen molar-refractivity contribution in [1.29, 1.82) is 0 Å². The van der Waals surface area contributed by atoms with Gasteiger partial charge in [0.2, 0.25) is 0 Å². The van der Waals surface area contributed by atoms with Crippen molar-refractivity contribution < 1.29 is 14.0 Å². The zero-order chi connectivity index (χ0) is 16.4. The van der Waals surface area contributed by atoms with Crippen LogP contribution in [0.3, 0.4) is 0 Å². The van der Waals surface area contributed by atoms with Gasteiger partial charge in [-0.1, -0.05) is 0 Å². The molecule has 1 saturated heterocycles. The van der Waals surface area contributed by atoms with Gasteiger partial charge in [0.1, 0.15) is 6.26 Å². The first-order valence-electron chi connectivity index (χ1n) is 7.74. The fraction of sp³-hybridized carbons (Fsp3) is 0.412. The monoisotopic (exact) mass is 332 g/mol. The molecule has 3 rings (SSSR count). The molecule has 2 aromatic rings. The molecule has 0 aliphatic carbocycles. The Morgan fingerprint density at radius 1 is 1.30 bits per heavy atom. The lowest BCUT2D eigenvalue weighted by atomic mass is 10.0. The number of hydrogen-bond donors (Lipinski definition) is 1. The fourth-order valence-corrected chi connectivity index (χ4v) is 3.84. The number of piperidine rings is 1. The third-order valence-electron chi connectivity index (χ3n) is 4.17. The number of nitrogens with zero attached hydrogens (tertiary/aromatic N) is 1. The Morgan fingerprint density at radius 2 is 2.04 bits per heavy atom. The molecule has 3 heterocycles. The normalized spacial score (nSPS) is 15.7. The molecule has 23 heavy (non-hydrogen) atoms. The summed E-state index contributed by atoms with van der Waals surface area (Å²) in [4.78, 5) is 28.6. The average Bonchev–Trinajstić information content (AvgIpc) is 3.17. The first-order chi connectivity index (χ1) is 11.0. The summed E-state index contributed by atoms with van der Waals surface area (Å²) in [6.45, 7) is 5.28. The van der Waals surface area contributed by atoms with E-state index in [1.165, 1.54) is 12.5 Å². The van der Waals surface area contributed by atoms with Crippen LogP contribution in [0, 0.1) is 13.8 Å². The van der Waals surface area contributed by atoms with E-state index in [9.17, 15) is 9.59 Å². The minimum Gasteiger partial charge on any atom is -0.472 e. The zero-order valence-corrected chi connectivity index (χ0v) is 14.1. The molecule has 2 aromatic heterocycles. The molecule has 0 bridgehead atoms. The smallest absolute Gasteiger partial charge is 0.257 e. The highest BCUT2D eigenvalue weighted by Crippen LogP contribution is 2.21. The van der Waals surface area contributed by atoms with Crippen LogP contribution in [0.2, 0.25) is 0 Å². The SMILES string of the molecule is Cc1cc(C(=O)NC2CCN(C(=O)c3ccoc3)CC2)c(C)s1. The van der Waals surface area contributed by atoms with Crippen LogP contribution in [0.25, 0.3) is 0 Å². The van der Waals surface area contributed by atoms with Gasteiger partial charge in [-0.2, -0.15) is 0 Å². The van der Waals surface area contributed by atoms with Gasteiger partial charge >= 0.3 is 0 Å². The van der Waals surface area contributed by atoms with Gasteiger partial charge in [-0.05, 0) is 38.8 Å². The van der Waals surface area contributed by atoms with Crippen LogP contribution < -0.4 is 5.32 Å². The number of amides is 2. The van der Waals surface area contributed by atoms with Crippen LogP contribution in [-0.2, 0) is 0 Å². The summed E-state index contributed by atoms with van der Waals surface area (Å²) in [5.41, 5.74) is 1.35. The van der Waals surface area contributed by atoms with Crippen molar-refractivity contribution in [3.05, 3.63) is 45.5 Å². The van der Waals surface area contributed by atoms with Gasteiger partial charge in [0, 0.05) is 28.9 Å². The largest absolute Gasteiger partial charge is 0.472 e. The van der Waals surface area contributed by atoms with Crippen molar-refractivity contribution in [2.45, 2.75) is 32.7 Å². The van der Waals surface area contributed by atoms with E-state index in [1.807, 2.05) is 24.8 Å². The Morgan fingerprint density at radius 3 is 2.61 bits per heavy atom. The number of thiophene rings is 1. The van der Waals surface area contributed by atoms with E-state index in [0.717, 1.165) is 28.2 Å². The lowest BCUT2D eigenvalue weighted by Crippen LogP contribution is -2.46. The Labute approximate surface area is 139 Å². The summed E-state index contributed by atoms with van der Waals surface area (Å²) in [6, 6.07) is 3.74. The number of furan rings is 1. The second-order valence-electron chi connectivity index (χ2n) is 5.88. The maximum atomic E-state index is 12.4. The van der Waals surface area contributed by atoms with E-state index in [1.54, 1.807) is 17.4 Å². The Balaban J connectivity index is 1.54. The molecule has 0 unspecified atom stereocenters. The predicted molar refractivity (Wildman–Crippen MR) is 88.9 cm³/mol. The first kappa shape index (κ1) is 15.8. The van der Waals surface area contributed by atoms with Crippen molar-refractivity contribution in [3.63, 3.8) is 0 Å². The van der Waals surface area contributed by atoms with Crippen LogP contribution in [0.1, 0.15) is 43.3 Å². The predicted octanol–water partition coefficient (Wildman–Crippen LogP) is 2.99. The molecule has 6 heteroatoms. The molecule has 5 nitrogen and oxygen atoms in total. The molecular weight excluding hydrogens is 312 g/mol. The first-order valence-corrected chi connectivity index (χ1v) is 8.55. The highest BCUT2D eigenvalue weighted by atomic mass is 32.1. The lowest BCUT2D eigenvalue weighted by molar-refractivity contribution is 0.0697. The Hall–Kier alpha value is -2.08. The molecule has 0 spiro atoms. The van der Waals surface area contributed by atoms with Gasteiger partial charge < -0.3 is 14.6 Å². The molecule has 1 fully saturated rings. The number of carbonyl (C=O) groups excluding carboxylic acids is 2. The molecule has 0 atom stereocenters. The Kier molecular flexibility index (Phi) is 4.52. The molecule has 1 aliphatic heterocycles. The number of aryl methyl sites for hydroxylation is 2. The van der Waals surface area contributed by atoms with Crippen LogP contribution in [0.5, 0.6) is 0 Å². The summed E-state index contributed by atoms with van der Waals surface area (Å²) in [5.74, 6) is -0.0145. The highest BCUT2D eigenvalue weighted by Gasteiger charge is 2.25. The molecule has 0 saturated carbocycles. The quantitative estimate of drug-likeness (QED) is 0.940. The van der Waals surface area contributed by atoms with E-state index in [4.69, 9.17) is 4.42 Å². The fourth-order valence-electron chi connectivity index (χ4n) is 2.92. The zero-order valence-electron chi connectivity index (χ0n) is 13.3. The maximum absolute atomic E-state index is 12.4. The number of carbonyl (C=O) groups is 2. The second kappa shape index (κ2) is 6.58. The molecule has 122 valence electrons. The van der Waals surface area contributed by atoms with E-state index in [0.29, 0.717) is 18.7 Å². The minimum absolute atomic E-state index is 0.00664. The minimum atomic E-state index is -0.00791. The number of rotatable bonds is 3. The van der Waals surface area contributed by atoms with Crippen molar-refractivity contribution >= 4 is 23.2 Å². The molecule has 1 aliphatic rings. The Bertz CT molecular complexity index is 698. The van der Waals surface area contributed by atoms with Gasteiger partial charge in [-0.15, -0.1) is 11.3 Å². The van der Waals surface area contributed by atoms with E-state index in [2.05, 4.69) is 5.32 Å². The molecular formula is C17H20N2O3S. The van der Waals surface area contributed by atoms with Crippen molar-refractivity contribution in [3.8, 4) is 0 Å². The van der Waals surface area contributed by atoms with Crippen LogP contribution in [-0.4, -0.2) is 35.8 Å². The van der Waals surface area contributed by atoms with Crippen LogP contribution >= 0.6 is 11.3 Å². The molecule has 0 radical (unpaired) electrons. The standard InChI is InChI=1S/C17H20N2O3S/c1-11-9-15(12(2)23-11)16(20)18-14-3-6-19(7-4-14)17(21)13-5-8-22-10-13/h5,8-10,14H,3-4,6-7H2,1-2H3,(H,18,20). The average molecular weight is 332 g/mol. The van der Waals surface area contributed by atoms with Gasteiger partial charge in [-0.25, -0.2) is 0 Å². The topological polar surface area (TPSA) is 62.6 Å². The summed E-state index contributed by atoms with van der Waals surface area (Å²) in [5, 5.41) is 3.09. The molecule has 2 amide bonds. The number of nitrogens with one attached hydrogen (secondary N) is 1. The third-order valence-corrected chi connectivity index (χ3v) is 5.14. The summed E-state index contributed by atoms with van der Waals surface area (Å²) < 4.78 is 4.96. The summed E-state index contributed by atoms with van der Waals surface area (Å²) in [6.07, 6.45) is 4.53. The van der Waals surface area contributed by atoms with Crippen molar-refractivity contribution in [1.82, 2.24) is 10.2 Å². The summed E-state index contributed by atoms with van der Waals surface area (Å²) in [7, 11) is 0. The van der Waals surface area contributed by atoms with Crippen LogP contribution in [0.15, 0.2) is 29.1 Å². The van der Waals surface area contributed by atoms with Gasteiger partial charge in [0.05, 0.1) is 17.4 Å². The third kappa shape index (κ3) is 3.47. The maximum Gasteiger partial charge on any atom is 0.257 e. The highest BCUT2D eigenvalue weighted by molar-refractivity contribution is 7.12. The second-order valence-corrected chi connectivity index (χ2v) is 7.34. The van der Waals surface area contributed by atoms with E-state index in [-0.39, 0.29) is 17.9 Å². The van der Waals surface area contributed by atoms with Gasteiger partial charge in [0.25, 0.3) is 11.8 Å². The van der Waals surface area contributed by atoms with Gasteiger partial charge in [0.15, 0.2) is 0 Å². The number of likely N-dealkylation sites (tertiary alicyclic amines) is 1. The van der Waals surface area contributed by atoms with E-state index < -0.39 is 0 Å². The van der Waals surface area contributed by atoms with Crippen LogP contribution in [0.4, 0.5) is 0 Å². The molecule has 0 aromatic carbocycles. The molecule has 1 N–H and O–H groups in total. The van der Waals surface area contributed by atoms with Crippen molar-refractivity contribution in [2.75, 3.05) is 13.1 Å². The van der Waals surface area contributed by atoms with Crippen molar-refractivity contribution in [2.24, 2.45) is 0 Å². The summed E-state index contributed by atoms with van der Waals surface area (Å²) >= 11 is 1.64.